The van der Waals surface area contributed by atoms with Gasteiger partial charge in [-0.05, 0) is 27.7 Å². The van der Waals surface area contributed by atoms with Crippen molar-refractivity contribution in [3.63, 3.8) is 0 Å². The zero-order chi connectivity index (χ0) is 11.8. The standard InChI is InChI=1S/C8H20P.F4HP/c1-5-9(6-2,7-3)8-4;1-5(2,3)4/h5-8H2,1-4H3;5H/q+1;-1. The van der Waals surface area contributed by atoms with Crippen molar-refractivity contribution in [1.82, 2.24) is 0 Å². The molecule has 0 heterocycles. The molecule has 0 aliphatic rings. The molecule has 0 saturated carbocycles. The van der Waals surface area contributed by atoms with Crippen molar-refractivity contribution in [2.45, 2.75) is 27.7 Å². The molecule has 6 heteroatoms. The molecule has 0 N–H and O–H groups in total. The van der Waals surface area contributed by atoms with Crippen molar-refractivity contribution < 1.29 is 16.8 Å². The Hall–Kier alpha value is 0.580. The fraction of sp³-hybridized carbons (Fsp3) is 1.00. The molecule has 0 rings (SSSR count). The molecule has 0 aliphatic heterocycles. The molecule has 0 aromatic carbocycles. The summed E-state index contributed by atoms with van der Waals surface area (Å²) in [6.45, 7) is 9.41. The van der Waals surface area contributed by atoms with Gasteiger partial charge in [-0.25, -0.2) is 0 Å². The zero-order valence-corrected chi connectivity index (χ0v) is 11.2. The Bertz CT molecular complexity index is 108. The second-order valence-corrected chi connectivity index (χ2v) is 9.11. The monoisotopic (exact) mass is 255 g/mol. The fourth-order valence-electron chi connectivity index (χ4n) is 1.34. The Morgan fingerprint density at radius 2 is 0.857 bits per heavy atom. The number of hydrogen-bond acceptors (Lipinski definition) is 0. The van der Waals surface area contributed by atoms with E-state index >= 15 is 0 Å². The summed E-state index contributed by atoms with van der Waals surface area (Å²) >= 11 is 0. The summed E-state index contributed by atoms with van der Waals surface area (Å²) in [6, 6.07) is 0. The van der Waals surface area contributed by atoms with Gasteiger partial charge in [-0.2, -0.15) is 0 Å². The third kappa shape index (κ3) is 10.7. The van der Waals surface area contributed by atoms with Crippen LogP contribution < -0.4 is 0 Å². The van der Waals surface area contributed by atoms with Crippen molar-refractivity contribution in [2.75, 3.05) is 24.6 Å². The second-order valence-electron chi connectivity index (χ2n) is 3.04. The molecule has 0 nitrogen and oxygen atoms in total. The molecule has 14 heavy (non-hydrogen) atoms. The van der Waals surface area contributed by atoms with Gasteiger partial charge in [0, 0.05) is 7.26 Å². The molecule has 0 fully saturated rings. The third-order valence-corrected chi connectivity index (χ3v) is 8.05. The van der Waals surface area contributed by atoms with E-state index in [-0.39, 0.29) is 0 Å². The quantitative estimate of drug-likeness (QED) is 0.468. The Kier molecular flexibility index (Phi) is 9.49. The van der Waals surface area contributed by atoms with Crippen molar-refractivity contribution in [2.24, 2.45) is 0 Å². The molecule has 0 spiro atoms. The van der Waals surface area contributed by atoms with E-state index in [9.17, 15) is 16.8 Å². The normalized spacial score (nSPS) is 13.1. The Morgan fingerprint density at radius 3 is 0.857 bits per heavy atom. The van der Waals surface area contributed by atoms with Crippen LogP contribution in [0.5, 0.6) is 0 Å². The summed E-state index contributed by atoms with van der Waals surface area (Å²) < 4.78 is 39.3. The molecular formula is C8H21F4P2. The van der Waals surface area contributed by atoms with Crippen LogP contribution in [0.2, 0.25) is 0 Å². The Labute approximate surface area is 85.6 Å². The molecule has 0 radical (unpaired) electrons. The summed E-state index contributed by atoms with van der Waals surface area (Å²) in [5, 5.41) is 0. The molecule has 0 atom stereocenters. The van der Waals surface area contributed by atoms with Crippen LogP contribution in [0.15, 0.2) is 0 Å². The van der Waals surface area contributed by atoms with E-state index < -0.39 is 15.8 Å². The van der Waals surface area contributed by atoms with E-state index in [1.165, 1.54) is 24.6 Å². The first-order valence-corrected chi connectivity index (χ1v) is 8.89. The first kappa shape index (κ1) is 17.0. The minimum absolute atomic E-state index is 0.420. The van der Waals surface area contributed by atoms with E-state index in [4.69, 9.17) is 0 Å². The molecule has 0 unspecified atom stereocenters. The van der Waals surface area contributed by atoms with Gasteiger partial charge in [0.1, 0.15) is 0 Å². The summed E-state index contributed by atoms with van der Waals surface area (Å²) in [5.41, 5.74) is 0. The summed E-state index contributed by atoms with van der Waals surface area (Å²) in [6.07, 6.45) is 5.82. The van der Waals surface area contributed by atoms with Gasteiger partial charge in [0.15, 0.2) is 0 Å². The Morgan fingerprint density at radius 1 is 0.714 bits per heavy atom. The van der Waals surface area contributed by atoms with Crippen LogP contribution in [0, 0.1) is 0 Å². The van der Waals surface area contributed by atoms with E-state index in [0.717, 1.165) is 0 Å². The van der Waals surface area contributed by atoms with Gasteiger partial charge in [-0.15, -0.1) is 0 Å². The zero-order valence-electron chi connectivity index (χ0n) is 9.29. The summed E-state index contributed by atoms with van der Waals surface area (Å²) in [4.78, 5) is 0. The van der Waals surface area contributed by atoms with Crippen LogP contribution in [0.3, 0.4) is 0 Å². The number of hydrogen-bond donors (Lipinski definition) is 0. The van der Waals surface area contributed by atoms with E-state index in [1.807, 2.05) is 0 Å². The first-order valence-electron chi connectivity index (χ1n) is 4.85. The van der Waals surface area contributed by atoms with Gasteiger partial charge < -0.3 is 0 Å². The Balaban J connectivity index is 0. The average Bonchev–Trinajstić information content (AvgIpc) is 2.07. The predicted octanol–water partition coefficient (Wildman–Crippen LogP) is 5.36. The van der Waals surface area contributed by atoms with Gasteiger partial charge in [-0.3, -0.25) is 0 Å². The molecule has 0 aromatic heterocycles. The summed E-state index contributed by atoms with van der Waals surface area (Å²) in [7, 11) is -7.03. The van der Waals surface area contributed by atoms with Crippen molar-refractivity contribution in [3.05, 3.63) is 0 Å². The SMILES string of the molecule is CC[P+](CC)(CC)CC.F[PH-](F)(F)F. The number of rotatable bonds is 4. The fourth-order valence-corrected chi connectivity index (χ4v) is 4.02. The molecule has 0 bridgehead atoms. The second kappa shape index (κ2) is 7.82. The van der Waals surface area contributed by atoms with Gasteiger partial charge in [0.05, 0.1) is 24.6 Å². The van der Waals surface area contributed by atoms with Gasteiger partial charge >= 0.3 is 25.3 Å². The van der Waals surface area contributed by atoms with Gasteiger partial charge in [-0.1, -0.05) is 0 Å². The first-order chi connectivity index (χ1) is 6.24. The van der Waals surface area contributed by atoms with E-state index in [2.05, 4.69) is 27.7 Å². The van der Waals surface area contributed by atoms with Crippen LogP contribution in [0.4, 0.5) is 16.8 Å². The van der Waals surface area contributed by atoms with Gasteiger partial charge in [0.25, 0.3) is 0 Å². The van der Waals surface area contributed by atoms with Crippen LogP contribution >= 0.6 is 15.8 Å². The molecule has 0 saturated heterocycles. The van der Waals surface area contributed by atoms with Crippen molar-refractivity contribution in [3.8, 4) is 0 Å². The van der Waals surface area contributed by atoms with Crippen LogP contribution in [-0.2, 0) is 0 Å². The topological polar surface area (TPSA) is 0 Å². The molecule has 0 amide bonds. The maximum atomic E-state index is 9.83. The molecular weight excluding hydrogens is 234 g/mol. The third-order valence-electron chi connectivity index (χ3n) is 2.68. The van der Waals surface area contributed by atoms with Crippen molar-refractivity contribution >= 4 is 15.8 Å². The van der Waals surface area contributed by atoms with Crippen LogP contribution in [0.1, 0.15) is 27.7 Å². The number of halogens is 4. The van der Waals surface area contributed by atoms with Crippen molar-refractivity contribution in [1.29, 1.82) is 0 Å². The van der Waals surface area contributed by atoms with E-state index in [0.29, 0.717) is 0 Å². The average molecular weight is 255 g/mol. The minimum atomic E-state index is -6.61. The maximum absolute atomic E-state index is 9.83. The van der Waals surface area contributed by atoms with Crippen LogP contribution in [-0.4, -0.2) is 24.6 Å². The predicted molar refractivity (Wildman–Crippen MR) is 61.8 cm³/mol. The van der Waals surface area contributed by atoms with Crippen LogP contribution in [0.25, 0.3) is 0 Å². The molecule has 0 aromatic rings. The van der Waals surface area contributed by atoms with E-state index in [1.54, 1.807) is 0 Å². The molecule has 0 aliphatic carbocycles. The molecule has 91 valence electrons. The summed E-state index contributed by atoms with van der Waals surface area (Å²) in [5.74, 6) is 0. The van der Waals surface area contributed by atoms with Gasteiger partial charge in [0.2, 0.25) is 0 Å².